The van der Waals surface area contributed by atoms with Gasteiger partial charge in [0.15, 0.2) is 17.5 Å². The molecule has 44 heavy (non-hydrogen) atoms. The van der Waals surface area contributed by atoms with Gasteiger partial charge in [-0.05, 0) is 29.8 Å². The fraction of sp³-hybridized carbons (Fsp3) is 0. The lowest BCUT2D eigenvalue weighted by Crippen LogP contribution is -2.00. The van der Waals surface area contributed by atoms with Gasteiger partial charge in [-0.1, -0.05) is 115 Å². The highest BCUT2D eigenvalue weighted by molar-refractivity contribution is 6.09. The molecule has 0 unspecified atom stereocenters. The third kappa shape index (κ3) is 3.98. The number of para-hydroxylation sites is 3. The van der Waals surface area contributed by atoms with Crippen LogP contribution < -0.4 is 0 Å². The molecule has 0 amide bonds. The molecule has 0 bridgehead atoms. The lowest BCUT2D eigenvalue weighted by molar-refractivity contribution is 0.669. The Morgan fingerprint density at radius 2 is 1.07 bits per heavy atom. The zero-order chi connectivity index (χ0) is 35.1. The lowest BCUT2D eigenvalue weighted by atomic mass is 10.0. The Balaban J connectivity index is 1.20. The summed E-state index contributed by atoms with van der Waals surface area (Å²) in [5, 5.41) is 2.09. The normalized spacial score (nSPS) is 13.9. The van der Waals surface area contributed by atoms with Crippen LogP contribution >= 0.6 is 0 Å². The predicted octanol–water partition coefficient (Wildman–Crippen LogP) is 10.3. The number of hydrogen-bond acceptors (Lipinski definition) is 5. The second-order valence-electron chi connectivity index (χ2n) is 10.3. The maximum absolute atomic E-state index is 8.80. The third-order valence-electron chi connectivity index (χ3n) is 7.67. The molecule has 3 aromatic heterocycles. The van der Waals surface area contributed by atoms with Crippen LogP contribution in [0.5, 0.6) is 0 Å². The summed E-state index contributed by atoms with van der Waals surface area (Å²) in [5.41, 5.74) is 4.32. The smallest absolute Gasteiger partial charge is 0.164 e. The van der Waals surface area contributed by atoms with Crippen molar-refractivity contribution >= 4 is 43.9 Å². The van der Waals surface area contributed by atoms with Crippen LogP contribution in [0, 0.1) is 0 Å². The average molecular weight is 573 g/mol. The van der Waals surface area contributed by atoms with Crippen LogP contribution in [-0.2, 0) is 0 Å². The van der Waals surface area contributed by atoms with Gasteiger partial charge in [-0.25, -0.2) is 15.0 Å². The van der Waals surface area contributed by atoms with Crippen molar-refractivity contribution in [3.05, 3.63) is 139 Å². The van der Waals surface area contributed by atoms with E-state index in [1.807, 2.05) is 72.8 Å². The topological polar surface area (TPSA) is 65.0 Å². The predicted molar refractivity (Wildman–Crippen MR) is 176 cm³/mol. The minimum Gasteiger partial charge on any atom is -0.456 e. The van der Waals surface area contributed by atoms with Gasteiger partial charge < -0.3 is 8.83 Å². The van der Waals surface area contributed by atoms with Crippen molar-refractivity contribution in [3.8, 4) is 45.3 Å². The summed E-state index contributed by atoms with van der Waals surface area (Å²) in [5.74, 6) is 1.33. The van der Waals surface area contributed by atoms with Crippen LogP contribution in [0.3, 0.4) is 0 Å². The Bertz CT molecular complexity index is 2890. The summed E-state index contributed by atoms with van der Waals surface area (Å²) in [6, 6.07) is 27.7. The van der Waals surface area contributed by atoms with Crippen molar-refractivity contribution in [1.29, 1.82) is 0 Å². The van der Waals surface area contributed by atoms with E-state index in [-0.39, 0.29) is 57.7 Å². The van der Waals surface area contributed by atoms with Crippen molar-refractivity contribution in [3.63, 3.8) is 0 Å². The van der Waals surface area contributed by atoms with Crippen LogP contribution in [0.2, 0.25) is 0 Å². The number of fused-ring (bicyclic) bond motifs is 6. The number of rotatable bonds is 4. The maximum Gasteiger partial charge on any atom is 0.164 e. The Hall–Kier alpha value is -6.07. The fourth-order valence-corrected chi connectivity index (χ4v) is 5.53. The number of benzene rings is 6. The molecule has 0 aliphatic heterocycles. The van der Waals surface area contributed by atoms with E-state index < -0.39 is 12.1 Å². The van der Waals surface area contributed by atoms with Gasteiger partial charge in [0.2, 0.25) is 0 Å². The van der Waals surface area contributed by atoms with Crippen LogP contribution in [0.25, 0.3) is 89.2 Å². The average Bonchev–Trinajstić information content (AvgIpc) is 3.75. The molecule has 0 atom stereocenters. The highest BCUT2D eigenvalue weighted by atomic mass is 16.3. The van der Waals surface area contributed by atoms with Gasteiger partial charge in [-0.15, -0.1) is 0 Å². The standard InChI is InChI=1S/C39H23N3O2/c1-2-9-25(10-3-1)37-40-38(42-39(41-37)27-21-22-31-29-11-4-6-15-33(29)43-35(31)23-27)26-19-17-24(18-20-26)28-13-8-14-32-30-12-5-7-16-34(30)44-36(28)32/h1-23H/i5D,7D,8D,12D,13D,14D,16D. The Morgan fingerprint density at radius 3 is 1.91 bits per heavy atom. The highest BCUT2D eigenvalue weighted by Crippen LogP contribution is 2.37. The van der Waals surface area contributed by atoms with E-state index in [4.69, 9.17) is 33.4 Å². The van der Waals surface area contributed by atoms with E-state index in [0.29, 0.717) is 34.2 Å². The summed E-state index contributed by atoms with van der Waals surface area (Å²) in [4.78, 5) is 14.5. The van der Waals surface area contributed by atoms with Crippen molar-refractivity contribution in [2.45, 2.75) is 0 Å². The molecule has 0 spiro atoms. The molecule has 6 aromatic carbocycles. The second kappa shape index (κ2) is 9.75. The molecular weight excluding hydrogens is 542 g/mol. The van der Waals surface area contributed by atoms with E-state index in [9.17, 15) is 0 Å². The van der Waals surface area contributed by atoms with E-state index in [0.717, 1.165) is 27.5 Å². The zero-order valence-corrected chi connectivity index (χ0v) is 22.9. The minimum absolute atomic E-state index is 0.0133. The van der Waals surface area contributed by atoms with E-state index in [1.54, 1.807) is 24.3 Å². The van der Waals surface area contributed by atoms with Crippen molar-refractivity contribution in [2.24, 2.45) is 0 Å². The largest absolute Gasteiger partial charge is 0.456 e. The van der Waals surface area contributed by atoms with E-state index in [1.165, 1.54) is 0 Å². The van der Waals surface area contributed by atoms with Crippen molar-refractivity contribution in [2.75, 3.05) is 0 Å². The first kappa shape index (κ1) is 18.5. The quantitative estimate of drug-likeness (QED) is 0.210. The first-order valence-corrected chi connectivity index (χ1v) is 14.0. The van der Waals surface area contributed by atoms with Crippen molar-refractivity contribution < 1.29 is 18.4 Å². The van der Waals surface area contributed by atoms with Crippen molar-refractivity contribution in [1.82, 2.24) is 15.0 Å². The SMILES string of the molecule is [2H]c1c([2H])c([2H])c2c(oc3c(-c4ccc(-c5nc(-c6ccccc6)nc(-c6ccc7c(c6)oc6ccccc67)n5)cc4)c([2H])c([2H])c([2H])c32)c1[2H]. The molecule has 0 N–H and O–H groups in total. The van der Waals surface area contributed by atoms with Crippen LogP contribution in [0.4, 0.5) is 0 Å². The maximum atomic E-state index is 8.80. The molecule has 0 fully saturated rings. The van der Waals surface area contributed by atoms with Crippen LogP contribution in [-0.4, -0.2) is 15.0 Å². The van der Waals surface area contributed by atoms with Gasteiger partial charge >= 0.3 is 0 Å². The minimum atomic E-state index is -0.467. The van der Waals surface area contributed by atoms with Gasteiger partial charge in [0.1, 0.15) is 22.3 Å². The third-order valence-corrected chi connectivity index (χ3v) is 7.67. The Kier molecular flexibility index (Phi) is 4.09. The van der Waals surface area contributed by atoms with Crippen LogP contribution in [0.15, 0.2) is 148 Å². The summed E-state index contributed by atoms with van der Waals surface area (Å²) in [6.45, 7) is 0. The molecule has 0 radical (unpaired) electrons. The Labute approximate surface area is 261 Å². The first-order chi connectivity index (χ1) is 24.7. The fourth-order valence-electron chi connectivity index (χ4n) is 5.53. The van der Waals surface area contributed by atoms with Gasteiger partial charge in [-0.3, -0.25) is 0 Å². The lowest BCUT2D eigenvalue weighted by Gasteiger charge is -2.09. The number of furan rings is 2. The summed E-state index contributed by atoms with van der Waals surface area (Å²) < 4.78 is 71.3. The molecule has 0 aliphatic carbocycles. The number of hydrogen-bond donors (Lipinski definition) is 0. The zero-order valence-electron chi connectivity index (χ0n) is 29.9. The number of aromatic nitrogens is 3. The number of nitrogens with zero attached hydrogens (tertiary/aromatic N) is 3. The van der Waals surface area contributed by atoms with E-state index >= 15 is 0 Å². The molecular formula is C39H23N3O2. The van der Waals surface area contributed by atoms with Crippen LogP contribution in [0.1, 0.15) is 9.60 Å². The van der Waals surface area contributed by atoms with Gasteiger partial charge in [0, 0.05) is 43.8 Å². The van der Waals surface area contributed by atoms with Gasteiger partial charge in [0.25, 0.3) is 0 Å². The molecule has 3 heterocycles. The van der Waals surface area contributed by atoms with Gasteiger partial charge in [0.05, 0.1) is 9.60 Å². The molecule has 5 heteroatoms. The molecule has 9 aromatic rings. The second-order valence-corrected chi connectivity index (χ2v) is 10.3. The molecule has 0 saturated carbocycles. The monoisotopic (exact) mass is 572 g/mol. The summed E-state index contributed by atoms with van der Waals surface area (Å²) in [7, 11) is 0. The molecule has 5 nitrogen and oxygen atoms in total. The first-order valence-electron chi connectivity index (χ1n) is 17.5. The summed E-state index contributed by atoms with van der Waals surface area (Å²) >= 11 is 0. The molecule has 0 aliphatic rings. The van der Waals surface area contributed by atoms with Gasteiger partial charge in [-0.2, -0.15) is 0 Å². The van der Waals surface area contributed by atoms with E-state index in [2.05, 4.69) is 0 Å². The molecule has 0 saturated heterocycles. The molecule has 9 rings (SSSR count). The summed E-state index contributed by atoms with van der Waals surface area (Å²) in [6.07, 6.45) is 0. The highest BCUT2D eigenvalue weighted by Gasteiger charge is 2.16. The Morgan fingerprint density at radius 1 is 0.432 bits per heavy atom. The molecule has 206 valence electrons.